The summed E-state index contributed by atoms with van der Waals surface area (Å²) >= 11 is 0. The molecule has 246 valence electrons. The van der Waals surface area contributed by atoms with Crippen LogP contribution in [0.2, 0.25) is 0 Å². The molecule has 0 atom stereocenters. The molecule has 2 aromatic carbocycles. The van der Waals surface area contributed by atoms with Gasteiger partial charge in [-0.2, -0.15) is 0 Å². The third-order valence-electron chi connectivity index (χ3n) is 7.46. The number of rotatable bonds is 12. The summed E-state index contributed by atoms with van der Waals surface area (Å²) in [7, 11) is 1.87. The van der Waals surface area contributed by atoms with Gasteiger partial charge in [-0.3, -0.25) is 19.2 Å². The van der Waals surface area contributed by atoms with Crippen molar-refractivity contribution in [1.82, 2.24) is 25.5 Å². The fourth-order valence-electron chi connectivity index (χ4n) is 5.18. The molecule has 0 bridgehead atoms. The van der Waals surface area contributed by atoms with Crippen LogP contribution in [-0.4, -0.2) is 71.2 Å². The molecule has 0 saturated heterocycles. The van der Waals surface area contributed by atoms with Gasteiger partial charge in [0.25, 0.3) is 0 Å². The quantitative estimate of drug-likeness (QED) is 0.161. The van der Waals surface area contributed by atoms with Gasteiger partial charge in [0.2, 0.25) is 46.4 Å². The second-order valence-corrected chi connectivity index (χ2v) is 11.1. The minimum absolute atomic E-state index is 0.0116. The standard InChI is InChI=1S/C33H25F4N5O6/c1-42(6-2-4-38-22-14-24(43)26-30(28(22)45)47-32(40-26)16-8-18(34)12-19(35)9-16)7-3-5-39-23-15-25(44)27-31(29(23)46)48-33(41-27)17-10-20(36)13-21(37)11-17/h8-15,38-39H,2-7H2,1H3. The minimum Gasteiger partial charge on any atom is -0.432 e. The molecule has 2 heterocycles. The molecule has 6 rings (SSSR count). The zero-order valence-corrected chi connectivity index (χ0v) is 25.2. The van der Waals surface area contributed by atoms with Crippen molar-refractivity contribution in [3.63, 3.8) is 0 Å². The van der Waals surface area contributed by atoms with Gasteiger partial charge in [0.05, 0.1) is 11.4 Å². The number of benzene rings is 2. The average Bonchev–Trinajstić information content (AvgIpc) is 3.68. The van der Waals surface area contributed by atoms with Gasteiger partial charge in [-0.15, -0.1) is 0 Å². The van der Waals surface area contributed by atoms with E-state index in [9.17, 15) is 36.7 Å². The molecule has 2 aromatic heterocycles. The van der Waals surface area contributed by atoms with Crippen molar-refractivity contribution in [3.05, 3.63) is 106 Å². The smallest absolute Gasteiger partial charge is 0.246 e. The lowest BCUT2D eigenvalue weighted by atomic mass is 10.0. The first kappa shape index (κ1) is 32.2. The highest BCUT2D eigenvalue weighted by molar-refractivity contribution is 6.23. The van der Waals surface area contributed by atoms with Gasteiger partial charge in [0.15, 0.2) is 11.4 Å². The third kappa shape index (κ3) is 6.71. The Labute approximate surface area is 269 Å². The third-order valence-corrected chi connectivity index (χ3v) is 7.46. The molecular formula is C33H25F4N5O6. The lowest BCUT2D eigenvalue weighted by molar-refractivity contribution is 0.0956. The van der Waals surface area contributed by atoms with Gasteiger partial charge in [-0.25, -0.2) is 27.5 Å². The Morgan fingerprint density at radius 1 is 0.625 bits per heavy atom. The van der Waals surface area contributed by atoms with Gasteiger partial charge >= 0.3 is 0 Å². The van der Waals surface area contributed by atoms with Crippen LogP contribution in [0.1, 0.15) is 54.9 Å². The number of ketones is 4. The summed E-state index contributed by atoms with van der Waals surface area (Å²) in [6.07, 6.45) is 3.39. The number of aromatic nitrogens is 2. The van der Waals surface area contributed by atoms with Crippen LogP contribution in [-0.2, 0) is 0 Å². The highest BCUT2D eigenvalue weighted by Crippen LogP contribution is 2.29. The molecule has 0 aliphatic heterocycles. The maximum absolute atomic E-state index is 13.6. The van der Waals surface area contributed by atoms with Crippen LogP contribution < -0.4 is 10.6 Å². The Kier molecular flexibility index (Phi) is 8.86. The molecule has 0 radical (unpaired) electrons. The van der Waals surface area contributed by atoms with E-state index in [1.165, 1.54) is 0 Å². The molecule has 2 aliphatic carbocycles. The number of fused-ring (bicyclic) bond motifs is 2. The molecule has 2 N–H and O–H groups in total. The molecule has 4 aromatic rings. The minimum atomic E-state index is -0.863. The summed E-state index contributed by atoms with van der Waals surface area (Å²) < 4.78 is 65.4. The maximum Gasteiger partial charge on any atom is 0.246 e. The van der Waals surface area contributed by atoms with Crippen LogP contribution >= 0.6 is 0 Å². The number of hydrogen-bond donors (Lipinski definition) is 2. The van der Waals surface area contributed by atoms with Crippen molar-refractivity contribution < 1.29 is 45.6 Å². The first-order chi connectivity index (χ1) is 23.0. The Morgan fingerprint density at radius 3 is 1.38 bits per heavy atom. The molecule has 0 saturated carbocycles. The maximum atomic E-state index is 13.6. The van der Waals surface area contributed by atoms with Gasteiger partial charge < -0.3 is 24.4 Å². The molecule has 15 heteroatoms. The highest BCUT2D eigenvalue weighted by Gasteiger charge is 2.33. The number of allylic oxidation sites excluding steroid dienone is 4. The van der Waals surface area contributed by atoms with Crippen LogP contribution in [0.5, 0.6) is 0 Å². The molecule has 0 unspecified atom stereocenters. The largest absolute Gasteiger partial charge is 0.432 e. The number of Topliss-reactive ketones (excluding diaryl/α,β-unsaturated/α-hetero) is 2. The number of carbonyl (C=O) groups excluding carboxylic acids is 4. The average molecular weight is 664 g/mol. The van der Waals surface area contributed by atoms with Crippen LogP contribution in [0.4, 0.5) is 17.6 Å². The van der Waals surface area contributed by atoms with Crippen molar-refractivity contribution >= 4 is 23.1 Å². The number of halogens is 4. The fraction of sp³-hybridized carbons (Fsp3) is 0.212. The number of nitrogens with zero attached hydrogens (tertiary/aromatic N) is 3. The summed E-state index contributed by atoms with van der Waals surface area (Å²) in [5, 5.41) is 5.85. The van der Waals surface area contributed by atoms with Gasteiger partial charge in [0, 0.05) is 48.5 Å². The first-order valence-electron chi connectivity index (χ1n) is 14.7. The number of carbonyl (C=O) groups is 4. The van der Waals surface area contributed by atoms with E-state index >= 15 is 0 Å². The van der Waals surface area contributed by atoms with Crippen LogP contribution in [0.3, 0.4) is 0 Å². The molecule has 2 aliphatic rings. The van der Waals surface area contributed by atoms with Crippen LogP contribution in [0.15, 0.2) is 68.8 Å². The highest BCUT2D eigenvalue weighted by atomic mass is 19.1. The van der Waals surface area contributed by atoms with Gasteiger partial charge in [-0.1, -0.05) is 0 Å². The predicted molar refractivity (Wildman–Crippen MR) is 160 cm³/mol. The van der Waals surface area contributed by atoms with E-state index in [1.54, 1.807) is 0 Å². The lowest BCUT2D eigenvalue weighted by Crippen LogP contribution is -2.31. The van der Waals surface area contributed by atoms with E-state index in [0.29, 0.717) is 51.2 Å². The van der Waals surface area contributed by atoms with E-state index in [4.69, 9.17) is 8.83 Å². The summed E-state index contributed by atoms with van der Waals surface area (Å²) in [6.45, 7) is 1.89. The van der Waals surface area contributed by atoms with Crippen molar-refractivity contribution in [2.75, 3.05) is 33.2 Å². The SMILES string of the molecule is CN(CCCNC1=CC(=O)c2nc(-c3cc(F)cc(F)c3)oc2C1=O)CCCNC1=CC(=O)c2nc(-c3cc(F)cc(F)c3)oc2C1=O. The van der Waals surface area contributed by atoms with Crippen LogP contribution in [0.25, 0.3) is 22.9 Å². The monoisotopic (exact) mass is 663 g/mol. The second-order valence-electron chi connectivity index (χ2n) is 11.1. The van der Waals surface area contributed by atoms with Crippen molar-refractivity contribution in [2.45, 2.75) is 12.8 Å². The molecule has 0 fully saturated rings. The van der Waals surface area contributed by atoms with E-state index < -0.39 is 46.4 Å². The number of oxazole rings is 2. The van der Waals surface area contributed by atoms with Crippen molar-refractivity contribution in [1.29, 1.82) is 0 Å². The normalized spacial score (nSPS) is 14.2. The zero-order valence-electron chi connectivity index (χ0n) is 25.2. The predicted octanol–water partition coefficient (Wildman–Crippen LogP) is 4.67. The van der Waals surface area contributed by atoms with E-state index in [-0.39, 0.29) is 57.2 Å². The molecule has 11 nitrogen and oxygen atoms in total. The lowest BCUT2D eigenvalue weighted by Gasteiger charge is -2.18. The number of hydrogen-bond acceptors (Lipinski definition) is 11. The second kappa shape index (κ2) is 13.2. The molecule has 0 amide bonds. The van der Waals surface area contributed by atoms with Gasteiger partial charge in [0.1, 0.15) is 23.3 Å². The molecule has 48 heavy (non-hydrogen) atoms. The van der Waals surface area contributed by atoms with E-state index in [2.05, 4.69) is 20.6 Å². The summed E-state index contributed by atoms with van der Waals surface area (Å²) in [5.41, 5.74) is -0.551. The summed E-state index contributed by atoms with van der Waals surface area (Å²) in [6, 6.07) is 5.27. The molecule has 0 spiro atoms. The van der Waals surface area contributed by atoms with Crippen molar-refractivity contribution in [2.24, 2.45) is 0 Å². The zero-order chi connectivity index (χ0) is 34.1. The van der Waals surface area contributed by atoms with Crippen LogP contribution in [0, 0.1) is 23.3 Å². The van der Waals surface area contributed by atoms with Gasteiger partial charge in [-0.05, 0) is 57.2 Å². The van der Waals surface area contributed by atoms with E-state index in [0.717, 1.165) is 36.4 Å². The topological polar surface area (TPSA) is 148 Å². The van der Waals surface area contributed by atoms with E-state index in [1.807, 2.05) is 11.9 Å². The first-order valence-corrected chi connectivity index (χ1v) is 14.7. The summed E-state index contributed by atoms with van der Waals surface area (Å²) in [5.74, 6) is -6.98. The Morgan fingerprint density at radius 2 is 1.00 bits per heavy atom. The van der Waals surface area contributed by atoms with Crippen molar-refractivity contribution in [3.8, 4) is 22.9 Å². The fourth-order valence-corrected chi connectivity index (χ4v) is 5.18. The Hall–Kier alpha value is -5.70. The number of nitrogens with one attached hydrogen (secondary N) is 2. The Bertz CT molecular complexity index is 1860. The molecular weight excluding hydrogens is 638 g/mol. The Balaban J connectivity index is 0.944. The summed E-state index contributed by atoms with van der Waals surface area (Å²) in [4.78, 5) is 60.9.